The molecule has 0 bridgehead atoms. The summed E-state index contributed by atoms with van der Waals surface area (Å²) in [4.78, 5) is 12.4. The maximum absolute atomic E-state index is 12.4. The van der Waals surface area contributed by atoms with E-state index < -0.39 is 0 Å². The van der Waals surface area contributed by atoms with Crippen molar-refractivity contribution >= 4 is 44.9 Å². The topological polar surface area (TPSA) is 26.3 Å². The van der Waals surface area contributed by atoms with Crippen LogP contribution in [0.2, 0.25) is 10.0 Å². The predicted octanol–water partition coefficient (Wildman–Crippen LogP) is 5.00. The van der Waals surface area contributed by atoms with Gasteiger partial charge in [-0.25, -0.2) is 0 Å². The number of methoxy groups -OCH3 is 1. The van der Waals surface area contributed by atoms with Gasteiger partial charge < -0.3 is 4.74 Å². The molecule has 0 aromatic heterocycles. The van der Waals surface area contributed by atoms with Gasteiger partial charge in [-0.2, -0.15) is 0 Å². The molecule has 0 atom stereocenters. The molecule has 0 fully saturated rings. The molecule has 0 saturated heterocycles. The number of ether oxygens (including phenoxy) is 1. The Balaban J connectivity index is 2.49. The molecule has 98 valence electrons. The van der Waals surface area contributed by atoms with E-state index in [4.69, 9.17) is 27.9 Å². The minimum absolute atomic E-state index is 0.170. The van der Waals surface area contributed by atoms with Gasteiger partial charge in [-0.3, -0.25) is 4.79 Å². The average molecular weight is 360 g/mol. The molecule has 0 aliphatic rings. The second-order valence-corrected chi connectivity index (χ2v) is 5.53. The Hall–Kier alpha value is -1.03. The van der Waals surface area contributed by atoms with Gasteiger partial charge in [0.25, 0.3) is 0 Å². The van der Waals surface area contributed by atoms with E-state index in [1.165, 1.54) is 7.11 Å². The van der Waals surface area contributed by atoms with Crippen LogP contribution in [-0.2, 0) is 0 Å². The SMILES string of the molecule is COc1ccc(Br)cc1C(=O)c1ccc(Cl)c(Cl)c1. The summed E-state index contributed by atoms with van der Waals surface area (Å²) >= 11 is 15.1. The third-order valence-corrected chi connectivity index (χ3v) is 3.82. The summed E-state index contributed by atoms with van der Waals surface area (Å²) in [6, 6.07) is 10.0. The summed E-state index contributed by atoms with van der Waals surface area (Å²) in [5, 5.41) is 0.765. The fraction of sp³-hybridized carbons (Fsp3) is 0.0714. The Labute approximate surface area is 129 Å². The zero-order valence-electron chi connectivity index (χ0n) is 9.91. The van der Waals surface area contributed by atoms with Crippen LogP contribution >= 0.6 is 39.1 Å². The minimum atomic E-state index is -0.170. The molecule has 0 amide bonds. The largest absolute Gasteiger partial charge is 0.496 e. The van der Waals surface area contributed by atoms with Crippen molar-refractivity contribution in [1.29, 1.82) is 0 Å². The number of carbonyl (C=O) groups excluding carboxylic acids is 1. The van der Waals surface area contributed by atoms with E-state index in [0.717, 1.165) is 4.47 Å². The second-order valence-electron chi connectivity index (χ2n) is 3.80. The number of hydrogen-bond acceptors (Lipinski definition) is 2. The molecule has 0 unspecified atom stereocenters. The Kier molecular flexibility index (Phi) is 4.50. The lowest BCUT2D eigenvalue weighted by Gasteiger charge is -2.08. The summed E-state index contributed by atoms with van der Waals surface area (Å²) in [7, 11) is 1.52. The molecule has 2 nitrogen and oxygen atoms in total. The molecule has 0 N–H and O–H groups in total. The van der Waals surface area contributed by atoms with Gasteiger partial charge in [0.2, 0.25) is 0 Å². The van der Waals surface area contributed by atoms with Crippen LogP contribution < -0.4 is 4.74 Å². The molecule has 5 heteroatoms. The van der Waals surface area contributed by atoms with E-state index in [9.17, 15) is 4.79 Å². The van der Waals surface area contributed by atoms with Crippen LogP contribution in [0.15, 0.2) is 40.9 Å². The maximum atomic E-state index is 12.4. The van der Waals surface area contributed by atoms with Gasteiger partial charge >= 0.3 is 0 Å². The van der Waals surface area contributed by atoms with E-state index in [0.29, 0.717) is 26.9 Å². The molecule has 0 aliphatic heterocycles. The summed E-state index contributed by atoms with van der Waals surface area (Å²) in [5.74, 6) is 0.344. The lowest BCUT2D eigenvalue weighted by molar-refractivity contribution is 0.103. The fourth-order valence-electron chi connectivity index (χ4n) is 1.65. The van der Waals surface area contributed by atoms with E-state index in [2.05, 4.69) is 15.9 Å². The van der Waals surface area contributed by atoms with E-state index >= 15 is 0 Å². The zero-order chi connectivity index (χ0) is 14.0. The molecule has 0 saturated carbocycles. The van der Waals surface area contributed by atoms with Crippen molar-refractivity contribution in [2.75, 3.05) is 7.11 Å². The quantitative estimate of drug-likeness (QED) is 0.721. The molecule has 0 heterocycles. The number of carbonyl (C=O) groups is 1. The number of ketones is 1. The molecule has 0 spiro atoms. The molecular formula is C14H9BrCl2O2. The summed E-state index contributed by atoms with van der Waals surface area (Å²) in [6.07, 6.45) is 0. The highest BCUT2D eigenvalue weighted by atomic mass is 79.9. The first-order valence-electron chi connectivity index (χ1n) is 5.36. The van der Waals surface area contributed by atoms with Crippen LogP contribution in [-0.4, -0.2) is 12.9 Å². The Morgan fingerprint density at radius 1 is 1.11 bits per heavy atom. The van der Waals surface area contributed by atoms with Gasteiger partial charge in [0.05, 0.1) is 22.7 Å². The van der Waals surface area contributed by atoms with Gasteiger partial charge in [0.15, 0.2) is 5.78 Å². The second kappa shape index (κ2) is 5.95. The molecule has 19 heavy (non-hydrogen) atoms. The van der Waals surface area contributed by atoms with E-state index in [-0.39, 0.29) is 5.78 Å². The first kappa shape index (κ1) is 14.4. The minimum Gasteiger partial charge on any atom is -0.496 e. The predicted molar refractivity (Wildman–Crippen MR) is 80.6 cm³/mol. The third kappa shape index (κ3) is 3.11. The van der Waals surface area contributed by atoms with Crippen LogP contribution in [0.25, 0.3) is 0 Å². The van der Waals surface area contributed by atoms with E-state index in [1.54, 1.807) is 30.3 Å². The van der Waals surface area contributed by atoms with Gasteiger partial charge in [0, 0.05) is 10.0 Å². The average Bonchev–Trinajstić information content (AvgIpc) is 2.41. The van der Waals surface area contributed by atoms with Crippen molar-refractivity contribution in [3.8, 4) is 5.75 Å². The van der Waals surface area contributed by atoms with Crippen molar-refractivity contribution in [3.05, 3.63) is 62.0 Å². The summed E-state index contributed by atoms with van der Waals surface area (Å²) < 4.78 is 6.00. The van der Waals surface area contributed by atoms with Gasteiger partial charge in [0.1, 0.15) is 5.75 Å². The van der Waals surface area contributed by atoms with E-state index in [1.807, 2.05) is 6.07 Å². The summed E-state index contributed by atoms with van der Waals surface area (Å²) in [5.41, 5.74) is 0.932. The van der Waals surface area contributed by atoms with Crippen molar-refractivity contribution in [2.24, 2.45) is 0 Å². The van der Waals surface area contributed by atoms with Crippen LogP contribution in [0.1, 0.15) is 15.9 Å². The summed E-state index contributed by atoms with van der Waals surface area (Å²) in [6.45, 7) is 0. The first-order chi connectivity index (χ1) is 9.02. The normalized spacial score (nSPS) is 10.3. The molecule has 2 rings (SSSR count). The number of rotatable bonds is 3. The molecule has 2 aromatic rings. The highest BCUT2D eigenvalue weighted by Crippen LogP contribution is 2.28. The van der Waals surface area contributed by atoms with Gasteiger partial charge in [-0.1, -0.05) is 39.1 Å². The smallest absolute Gasteiger partial charge is 0.196 e. The Morgan fingerprint density at radius 3 is 2.47 bits per heavy atom. The monoisotopic (exact) mass is 358 g/mol. The molecule has 0 aliphatic carbocycles. The van der Waals surface area contributed by atoms with Crippen LogP contribution in [0.3, 0.4) is 0 Å². The Morgan fingerprint density at radius 2 is 1.84 bits per heavy atom. The highest BCUT2D eigenvalue weighted by molar-refractivity contribution is 9.10. The van der Waals surface area contributed by atoms with Crippen molar-refractivity contribution in [3.63, 3.8) is 0 Å². The lowest BCUT2D eigenvalue weighted by atomic mass is 10.0. The van der Waals surface area contributed by atoms with Crippen LogP contribution in [0, 0.1) is 0 Å². The highest BCUT2D eigenvalue weighted by Gasteiger charge is 2.16. The van der Waals surface area contributed by atoms with Crippen LogP contribution in [0.4, 0.5) is 0 Å². The number of benzene rings is 2. The Bertz CT molecular complexity index is 641. The zero-order valence-corrected chi connectivity index (χ0v) is 13.0. The van der Waals surface area contributed by atoms with Gasteiger partial charge in [-0.05, 0) is 36.4 Å². The lowest BCUT2D eigenvalue weighted by Crippen LogP contribution is -2.04. The molecule has 0 radical (unpaired) electrons. The van der Waals surface area contributed by atoms with Gasteiger partial charge in [-0.15, -0.1) is 0 Å². The number of hydrogen-bond donors (Lipinski definition) is 0. The van der Waals surface area contributed by atoms with Crippen molar-refractivity contribution < 1.29 is 9.53 Å². The molecular weight excluding hydrogens is 351 g/mol. The first-order valence-corrected chi connectivity index (χ1v) is 6.91. The third-order valence-electron chi connectivity index (χ3n) is 2.59. The van der Waals surface area contributed by atoms with Crippen molar-refractivity contribution in [2.45, 2.75) is 0 Å². The van der Waals surface area contributed by atoms with Crippen LogP contribution in [0.5, 0.6) is 5.75 Å². The fourth-order valence-corrected chi connectivity index (χ4v) is 2.31. The molecule has 2 aromatic carbocycles. The van der Waals surface area contributed by atoms with Crippen molar-refractivity contribution in [1.82, 2.24) is 0 Å². The number of halogens is 3. The maximum Gasteiger partial charge on any atom is 0.196 e. The standard InChI is InChI=1S/C14H9BrCl2O2/c1-19-13-5-3-9(15)7-10(13)14(18)8-2-4-11(16)12(17)6-8/h2-7H,1H3.